The van der Waals surface area contributed by atoms with Gasteiger partial charge < -0.3 is 24.1 Å². The zero-order valence-corrected chi connectivity index (χ0v) is 18.7. The van der Waals surface area contributed by atoms with E-state index in [0.717, 1.165) is 77.0 Å². The van der Waals surface area contributed by atoms with Crippen molar-refractivity contribution in [2.75, 3.05) is 46.0 Å². The molecule has 1 aromatic heterocycles. The first kappa shape index (κ1) is 22.5. The number of nitrogens with zero attached hydrogens (tertiary/aromatic N) is 2. The lowest BCUT2D eigenvalue weighted by Gasteiger charge is -2.42. The third-order valence-corrected chi connectivity index (χ3v) is 5.16. The number of likely N-dealkylation sites (tertiary alicyclic amines) is 1. The van der Waals surface area contributed by atoms with Crippen LogP contribution in [0.15, 0.2) is 27.8 Å². The largest absolute Gasteiger partial charge is 0.469 e. The smallest absolute Gasteiger partial charge is 0.193 e. The molecule has 7 heteroatoms. The molecule has 154 valence electrons. The molecule has 0 radical (unpaired) electrons. The number of piperidine rings is 1. The number of hydrogen-bond donors (Lipinski definition) is 1. The molecule has 0 spiro atoms. The number of fused-ring (bicyclic) bond motifs is 1. The van der Waals surface area contributed by atoms with Gasteiger partial charge in [0, 0.05) is 58.3 Å². The number of hydrogen-bond acceptors (Lipinski definition) is 4. The summed E-state index contributed by atoms with van der Waals surface area (Å²) >= 11 is 0. The van der Waals surface area contributed by atoms with E-state index in [2.05, 4.69) is 10.2 Å². The zero-order chi connectivity index (χ0) is 18.0. The van der Waals surface area contributed by atoms with Crippen molar-refractivity contribution < 1.29 is 13.9 Å². The number of nitrogens with one attached hydrogen (secondary N) is 1. The summed E-state index contributed by atoms with van der Waals surface area (Å²) in [6.45, 7) is 8.19. The molecular formula is C20H34IN3O3. The fourth-order valence-electron chi connectivity index (χ4n) is 3.80. The number of rotatable bonds is 8. The van der Waals surface area contributed by atoms with Crippen LogP contribution >= 0.6 is 24.0 Å². The van der Waals surface area contributed by atoms with Crippen LogP contribution in [0.5, 0.6) is 0 Å². The lowest BCUT2D eigenvalue weighted by Crippen LogP contribution is -2.52. The van der Waals surface area contributed by atoms with Crippen LogP contribution in [0.25, 0.3) is 0 Å². The zero-order valence-electron chi connectivity index (χ0n) is 16.4. The van der Waals surface area contributed by atoms with Gasteiger partial charge in [0.1, 0.15) is 5.76 Å². The molecule has 2 aliphatic rings. The number of guanidine groups is 1. The van der Waals surface area contributed by atoms with Crippen molar-refractivity contribution in [1.82, 2.24) is 10.2 Å². The molecule has 27 heavy (non-hydrogen) atoms. The van der Waals surface area contributed by atoms with E-state index < -0.39 is 0 Å². The SMILES string of the molecule is CCOCCCN=C(NCCc1ccco1)N1CCC2OCCCC2C1.I. The van der Waals surface area contributed by atoms with Gasteiger partial charge in [0.15, 0.2) is 5.96 Å². The molecule has 2 atom stereocenters. The minimum absolute atomic E-state index is 0. The Balaban J connectivity index is 0.00000261. The van der Waals surface area contributed by atoms with Crippen LogP contribution in [-0.4, -0.2) is 63.0 Å². The standard InChI is InChI=1S/C20H33N3O3.HI/c1-2-24-13-5-10-21-20(22-11-8-18-7-4-14-25-18)23-12-9-19-17(16-23)6-3-15-26-19;/h4,7,14,17,19H,2-3,5-6,8-13,15-16H2,1H3,(H,21,22);1H. The van der Waals surface area contributed by atoms with Gasteiger partial charge in [-0.15, -0.1) is 24.0 Å². The topological polar surface area (TPSA) is 59.2 Å². The summed E-state index contributed by atoms with van der Waals surface area (Å²) in [7, 11) is 0. The summed E-state index contributed by atoms with van der Waals surface area (Å²) in [5, 5.41) is 3.55. The summed E-state index contributed by atoms with van der Waals surface area (Å²) in [4.78, 5) is 7.27. The quantitative estimate of drug-likeness (QED) is 0.262. The van der Waals surface area contributed by atoms with Crippen LogP contribution in [0.4, 0.5) is 0 Å². The van der Waals surface area contributed by atoms with Gasteiger partial charge in [-0.1, -0.05) is 0 Å². The highest BCUT2D eigenvalue weighted by molar-refractivity contribution is 14.0. The maximum atomic E-state index is 5.95. The average molecular weight is 491 g/mol. The predicted molar refractivity (Wildman–Crippen MR) is 118 cm³/mol. The van der Waals surface area contributed by atoms with E-state index in [9.17, 15) is 0 Å². The van der Waals surface area contributed by atoms with Gasteiger partial charge in [-0.25, -0.2) is 0 Å². The first-order valence-corrected chi connectivity index (χ1v) is 10.1. The molecule has 3 heterocycles. The third kappa shape index (κ3) is 7.27. The number of halogens is 1. The maximum Gasteiger partial charge on any atom is 0.193 e. The number of aliphatic imine (C=N–C) groups is 1. The second-order valence-electron chi connectivity index (χ2n) is 7.06. The maximum absolute atomic E-state index is 5.95. The Morgan fingerprint density at radius 1 is 1.41 bits per heavy atom. The molecule has 0 aromatic carbocycles. The second-order valence-corrected chi connectivity index (χ2v) is 7.06. The van der Waals surface area contributed by atoms with Crippen molar-refractivity contribution in [2.45, 2.75) is 45.1 Å². The minimum Gasteiger partial charge on any atom is -0.469 e. The van der Waals surface area contributed by atoms with Crippen LogP contribution in [0.1, 0.15) is 38.4 Å². The average Bonchev–Trinajstić information content (AvgIpc) is 3.19. The van der Waals surface area contributed by atoms with Crippen molar-refractivity contribution >= 4 is 29.9 Å². The number of ether oxygens (including phenoxy) is 2. The Hall–Kier alpha value is -0.800. The fourth-order valence-corrected chi connectivity index (χ4v) is 3.80. The van der Waals surface area contributed by atoms with Gasteiger partial charge >= 0.3 is 0 Å². The van der Waals surface area contributed by atoms with E-state index in [0.29, 0.717) is 12.0 Å². The molecule has 0 aliphatic carbocycles. The Morgan fingerprint density at radius 3 is 3.15 bits per heavy atom. The minimum atomic E-state index is 0. The van der Waals surface area contributed by atoms with E-state index in [4.69, 9.17) is 18.9 Å². The molecule has 2 fully saturated rings. The molecule has 1 aromatic rings. The lowest BCUT2D eigenvalue weighted by atomic mass is 9.88. The fraction of sp³-hybridized carbons (Fsp3) is 0.750. The molecule has 2 saturated heterocycles. The monoisotopic (exact) mass is 491 g/mol. The first-order chi connectivity index (χ1) is 12.9. The Labute approximate surface area is 180 Å². The van der Waals surface area contributed by atoms with Crippen molar-refractivity contribution in [3.63, 3.8) is 0 Å². The van der Waals surface area contributed by atoms with E-state index in [1.807, 2.05) is 19.1 Å². The first-order valence-electron chi connectivity index (χ1n) is 10.1. The Bertz CT molecular complexity index is 539. The molecule has 0 bridgehead atoms. The van der Waals surface area contributed by atoms with E-state index >= 15 is 0 Å². The van der Waals surface area contributed by atoms with Crippen molar-refractivity contribution in [3.05, 3.63) is 24.2 Å². The van der Waals surface area contributed by atoms with Gasteiger partial charge in [-0.05, 0) is 44.7 Å². The van der Waals surface area contributed by atoms with Crippen molar-refractivity contribution in [1.29, 1.82) is 0 Å². The molecule has 1 N–H and O–H groups in total. The molecule has 0 saturated carbocycles. The van der Waals surface area contributed by atoms with Crippen LogP contribution in [-0.2, 0) is 15.9 Å². The lowest BCUT2D eigenvalue weighted by molar-refractivity contribution is -0.0559. The van der Waals surface area contributed by atoms with Crippen LogP contribution in [0.3, 0.4) is 0 Å². The summed E-state index contributed by atoms with van der Waals surface area (Å²) in [5.74, 6) is 2.67. The Morgan fingerprint density at radius 2 is 2.33 bits per heavy atom. The van der Waals surface area contributed by atoms with Crippen LogP contribution in [0.2, 0.25) is 0 Å². The highest BCUT2D eigenvalue weighted by Crippen LogP contribution is 2.28. The highest BCUT2D eigenvalue weighted by Gasteiger charge is 2.33. The Kier molecular flexibility index (Phi) is 10.5. The van der Waals surface area contributed by atoms with Crippen molar-refractivity contribution in [2.24, 2.45) is 10.9 Å². The molecular weight excluding hydrogens is 457 g/mol. The molecule has 6 nitrogen and oxygen atoms in total. The van der Waals surface area contributed by atoms with E-state index in [1.54, 1.807) is 6.26 Å². The summed E-state index contributed by atoms with van der Waals surface area (Å²) in [6.07, 6.45) is 7.55. The summed E-state index contributed by atoms with van der Waals surface area (Å²) in [5.41, 5.74) is 0. The molecule has 2 unspecified atom stereocenters. The third-order valence-electron chi connectivity index (χ3n) is 5.16. The molecule has 2 aliphatic heterocycles. The van der Waals surface area contributed by atoms with Gasteiger partial charge in [0.2, 0.25) is 0 Å². The molecule has 0 amide bonds. The number of furan rings is 1. The van der Waals surface area contributed by atoms with Gasteiger partial charge in [0.05, 0.1) is 12.4 Å². The predicted octanol–water partition coefficient (Wildman–Crippen LogP) is 3.31. The van der Waals surface area contributed by atoms with Crippen LogP contribution < -0.4 is 5.32 Å². The van der Waals surface area contributed by atoms with E-state index in [1.165, 1.54) is 12.8 Å². The van der Waals surface area contributed by atoms with Gasteiger partial charge in [0.25, 0.3) is 0 Å². The van der Waals surface area contributed by atoms with Crippen molar-refractivity contribution in [3.8, 4) is 0 Å². The summed E-state index contributed by atoms with van der Waals surface area (Å²) in [6, 6.07) is 3.96. The molecule has 3 rings (SSSR count). The summed E-state index contributed by atoms with van der Waals surface area (Å²) < 4.78 is 16.8. The second kappa shape index (κ2) is 12.6. The van der Waals surface area contributed by atoms with Gasteiger partial charge in [-0.2, -0.15) is 0 Å². The highest BCUT2D eigenvalue weighted by atomic mass is 127. The van der Waals surface area contributed by atoms with Crippen LogP contribution in [0, 0.1) is 5.92 Å². The normalized spacial score (nSPS) is 22.9. The van der Waals surface area contributed by atoms with E-state index in [-0.39, 0.29) is 24.0 Å². The van der Waals surface area contributed by atoms with Gasteiger partial charge in [-0.3, -0.25) is 4.99 Å².